The fourth-order valence-corrected chi connectivity index (χ4v) is 3.53. The number of aromatic amines is 1. The van der Waals surface area contributed by atoms with Gasteiger partial charge in [-0.3, -0.25) is 9.59 Å². The average molecular weight is 375 g/mol. The largest absolute Gasteiger partial charge is 0.464 e. The van der Waals surface area contributed by atoms with Crippen molar-refractivity contribution in [3.05, 3.63) is 70.6 Å². The van der Waals surface area contributed by atoms with Crippen LogP contribution in [0.5, 0.6) is 0 Å². The maximum absolute atomic E-state index is 12.6. The molecule has 0 spiro atoms. The van der Waals surface area contributed by atoms with Gasteiger partial charge in [-0.2, -0.15) is 0 Å². The number of carbonyl (C=O) groups excluding carboxylic acids is 2. The van der Waals surface area contributed by atoms with Crippen molar-refractivity contribution in [3.8, 4) is 0 Å². The number of H-pyrrole nitrogens is 1. The summed E-state index contributed by atoms with van der Waals surface area (Å²) in [6.07, 6.45) is 1.64. The van der Waals surface area contributed by atoms with Gasteiger partial charge in [0.25, 0.3) is 0 Å². The summed E-state index contributed by atoms with van der Waals surface area (Å²) in [7, 11) is 0. The van der Waals surface area contributed by atoms with E-state index in [1.165, 1.54) is 0 Å². The Morgan fingerprint density at radius 3 is 2.61 bits per heavy atom. The van der Waals surface area contributed by atoms with E-state index >= 15 is 0 Å². The smallest absolute Gasteiger partial charge is 0.310 e. The number of hydrogen-bond donors (Lipinski definition) is 1. The van der Waals surface area contributed by atoms with Gasteiger partial charge in [0.1, 0.15) is 5.58 Å². The number of nitrogens with one attached hydrogen (secondary N) is 1. The molecule has 28 heavy (non-hydrogen) atoms. The van der Waals surface area contributed by atoms with Crippen LogP contribution in [0.3, 0.4) is 0 Å². The van der Waals surface area contributed by atoms with Crippen LogP contribution in [0.2, 0.25) is 0 Å². The second-order valence-electron chi connectivity index (χ2n) is 7.12. The van der Waals surface area contributed by atoms with Crippen LogP contribution in [0, 0.1) is 20.8 Å². The second-order valence-corrected chi connectivity index (χ2v) is 7.12. The molecule has 5 heteroatoms. The van der Waals surface area contributed by atoms with Crippen molar-refractivity contribution < 1.29 is 18.7 Å². The van der Waals surface area contributed by atoms with Gasteiger partial charge >= 0.3 is 5.97 Å². The number of carbonyl (C=O) groups is 2. The van der Waals surface area contributed by atoms with Gasteiger partial charge in [-0.05, 0) is 50.1 Å². The molecule has 1 N–H and O–H groups in total. The third kappa shape index (κ3) is 3.20. The van der Waals surface area contributed by atoms with E-state index in [9.17, 15) is 9.59 Å². The zero-order valence-corrected chi connectivity index (χ0v) is 16.1. The van der Waals surface area contributed by atoms with Crippen molar-refractivity contribution >= 4 is 33.6 Å². The Morgan fingerprint density at radius 1 is 1.04 bits per heavy atom. The third-order valence-electron chi connectivity index (χ3n) is 5.14. The number of aryl methyl sites for hydroxylation is 3. The zero-order valence-electron chi connectivity index (χ0n) is 16.1. The van der Waals surface area contributed by atoms with Crippen LogP contribution in [-0.4, -0.2) is 23.3 Å². The lowest BCUT2D eigenvalue weighted by Gasteiger charge is -2.05. The molecule has 2 aromatic heterocycles. The number of fused-ring (bicyclic) bond motifs is 2. The number of hydrogen-bond acceptors (Lipinski definition) is 4. The van der Waals surface area contributed by atoms with Crippen LogP contribution in [0.4, 0.5) is 0 Å². The number of rotatable bonds is 5. The summed E-state index contributed by atoms with van der Waals surface area (Å²) in [5.74, 6) is -0.668. The molecule has 5 nitrogen and oxygen atoms in total. The molecule has 0 aliphatic carbocycles. The van der Waals surface area contributed by atoms with Gasteiger partial charge in [-0.25, -0.2) is 0 Å². The summed E-state index contributed by atoms with van der Waals surface area (Å²) in [5.41, 5.74) is 6.02. The third-order valence-corrected chi connectivity index (χ3v) is 5.14. The standard InChI is InChI=1S/C23H21NO4/c1-13-8-18-16(11-27-21(18)9-14(13)2)10-22(26)28-12-20(25)23-15(3)24-19-7-5-4-6-17(19)23/h4-9,11,24H,10,12H2,1-3H3. The van der Waals surface area contributed by atoms with Crippen LogP contribution in [0.25, 0.3) is 21.9 Å². The van der Waals surface area contributed by atoms with Gasteiger partial charge in [0.2, 0.25) is 5.78 Å². The summed E-state index contributed by atoms with van der Waals surface area (Å²) in [5, 5.41) is 1.74. The Bertz CT molecular complexity index is 1210. The highest BCUT2D eigenvalue weighted by atomic mass is 16.5. The Balaban J connectivity index is 1.47. The zero-order chi connectivity index (χ0) is 19.8. The lowest BCUT2D eigenvalue weighted by molar-refractivity contribution is -0.141. The maximum Gasteiger partial charge on any atom is 0.310 e. The molecule has 0 unspecified atom stereocenters. The molecule has 0 radical (unpaired) electrons. The van der Waals surface area contributed by atoms with Gasteiger partial charge in [0.05, 0.1) is 12.7 Å². The average Bonchev–Trinajstić information content (AvgIpc) is 3.20. The summed E-state index contributed by atoms with van der Waals surface area (Å²) >= 11 is 0. The first-order valence-corrected chi connectivity index (χ1v) is 9.17. The minimum absolute atomic E-state index is 0.0651. The van der Waals surface area contributed by atoms with E-state index in [1.807, 2.05) is 57.2 Å². The molecule has 142 valence electrons. The quantitative estimate of drug-likeness (QED) is 0.401. The molecule has 2 heterocycles. The molecule has 0 saturated carbocycles. The predicted molar refractivity (Wildman–Crippen MR) is 108 cm³/mol. The van der Waals surface area contributed by atoms with E-state index < -0.39 is 5.97 Å². The lowest BCUT2D eigenvalue weighted by atomic mass is 10.0. The molecule has 4 aromatic rings. The first-order valence-electron chi connectivity index (χ1n) is 9.17. The van der Waals surface area contributed by atoms with Crippen LogP contribution in [-0.2, 0) is 16.0 Å². The number of benzene rings is 2. The first kappa shape index (κ1) is 18.0. The Labute approximate surface area is 162 Å². The number of Topliss-reactive ketones (excluding diaryl/α,β-unsaturated/α-hetero) is 1. The van der Waals surface area contributed by atoms with Crippen molar-refractivity contribution in [2.45, 2.75) is 27.2 Å². The second kappa shape index (κ2) is 7.00. The molecule has 0 fully saturated rings. The van der Waals surface area contributed by atoms with Crippen molar-refractivity contribution in [1.29, 1.82) is 0 Å². The maximum atomic E-state index is 12.6. The summed E-state index contributed by atoms with van der Waals surface area (Å²) < 4.78 is 10.8. The van der Waals surface area contributed by atoms with E-state index in [2.05, 4.69) is 4.98 Å². The van der Waals surface area contributed by atoms with E-state index in [0.29, 0.717) is 5.56 Å². The summed E-state index contributed by atoms with van der Waals surface area (Å²) in [4.78, 5) is 28.1. The molecule has 0 saturated heterocycles. The number of para-hydroxylation sites is 1. The fraction of sp³-hybridized carbons (Fsp3) is 0.217. The predicted octanol–water partition coefficient (Wildman–Crippen LogP) is 4.81. The molecule has 0 amide bonds. The normalized spacial score (nSPS) is 11.2. The molecule has 0 aliphatic rings. The lowest BCUT2D eigenvalue weighted by Crippen LogP contribution is -2.16. The highest BCUT2D eigenvalue weighted by Crippen LogP contribution is 2.26. The summed E-state index contributed by atoms with van der Waals surface area (Å²) in [6, 6.07) is 11.6. The monoisotopic (exact) mass is 375 g/mol. The van der Waals surface area contributed by atoms with Crippen molar-refractivity contribution in [2.75, 3.05) is 6.61 Å². The topological polar surface area (TPSA) is 72.3 Å². The van der Waals surface area contributed by atoms with Crippen LogP contribution < -0.4 is 0 Å². The van der Waals surface area contributed by atoms with Crippen LogP contribution in [0.1, 0.15) is 32.7 Å². The Hall–Kier alpha value is -3.34. The number of furan rings is 1. The van der Waals surface area contributed by atoms with Gasteiger partial charge in [-0.1, -0.05) is 18.2 Å². The van der Waals surface area contributed by atoms with E-state index in [0.717, 1.165) is 44.3 Å². The highest BCUT2D eigenvalue weighted by Gasteiger charge is 2.18. The summed E-state index contributed by atoms with van der Waals surface area (Å²) in [6.45, 7) is 5.60. The van der Waals surface area contributed by atoms with Crippen molar-refractivity contribution in [3.63, 3.8) is 0 Å². The molecule has 0 bridgehead atoms. The highest BCUT2D eigenvalue weighted by molar-refractivity contribution is 6.10. The van der Waals surface area contributed by atoms with E-state index in [-0.39, 0.29) is 18.8 Å². The van der Waals surface area contributed by atoms with Gasteiger partial charge in [-0.15, -0.1) is 0 Å². The molecular weight excluding hydrogens is 354 g/mol. The molecular formula is C23H21NO4. The van der Waals surface area contributed by atoms with Crippen molar-refractivity contribution in [1.82, 2.24) is 4.98 Å². The SMILES string of the molecule is Cc1cc2occ(CC(=O)OCC(=O)c3c(C)[nH]c4ccccc34)c2cc1C. The fourth-order valence-electron chi connectivity index (χ4n) is 3.53. The molecule has 2 aromatic carbocycles. The number of aromatic nitrogens is 1. The van der Waals surface area contributed by atoms with E-state index in [1.54, 1.807) is 6.26 Å². The molecule has 4 rings (SSSR count). The molecule has 0 atom stereocenters. The number of ether oxygens (including phenoxy) is 1. The van der Waals surface area contributed by atoms with Gasteiger partial charge < -0.3 is 14.1 Å². The van der Waals surface area contributed by atoms with Gasteiger partial charge in [0.15, 0.2) is 6.61 Å². The molecule has 0 aliphatic heterocycles. The van der Waals surface area contributed by atoms with Gasteiger partial charge in [0, 0.05) is 33.1 Å². The Morgan fingerprint density at radius 2 is 1.79 bits per heavy atom. The van der Waals surface area contributed by atoms with Crippen LogP contribution >= 0.6 is 0 Å². The number of ketones is 1. The number of esters is 1. The van der Waals surface area contributed by atoms with Crippen LogP contribution in [0.15, 0.2) is 47.1 Å². The minimum Gasteiger partial charge on any atom is -0.464 e. The first-order chi connectivity index (χ1) is 13.4. The van der Waals surface area contributed by atoms with E-state index in [4.69, 9.17) is 9.15 Å². The van der Waals surface area contributed by atoms with Crippen molar-refractivity contribution in [2.24, 2.45) is 0 Å². The Kier molecular flexibility index (Phi) is 4.51. The minimum atomic E-state index is -0.452.